The van der Waals surface area contributed by atoms with Crippen LogP contribution in [0.2, 0.25) is 0 Å². The number of benzene rings is 2. The second-order valence-electron chi connectivity index (χ2n) is 9.27. The van der Waals surface area contributed by atoms with Crippen LogP contribution in [0.3, 0.4) is 0 Å². The van der Waals surface area contributed by atoms with Gasteiger partial charge in [-0.15, -0.1) is 0 Å². The van der Waals surface area contributed by atoms with Crippen molar-refractivity contribution in [1.29, 1.82) is 0 Å². The quantitative estimate of drug-likeness (QED) is 0.578. The van der Waals surface area contributed by atoms with E-state index in [0.29, 0.717) is 24.6 Å². The van der Waals surface area contributed by atoms with Gasteiger partial charge in [-0.1, -0.05) is 32.0 Å². The number of rotatable bonds is 6. The molecule has 1 aliphatic rings. The Bertz CT molecular complexity index is 1140. The van der Waals surface area contributed by atoms with E-state index in [1.54, 1.807) is 13.2 Å². The molecule has 1 unspecified atom stereocenters. The highest BCUT2D eigenvalue weighted by atomic mass is 16.5. The molecule has 0 bridgehead atoms. The van der Waals surface area contributed by atoms with E-state index < -0.39 is 6.04 Å². The molecular formula is C27H33N3O3. The number of carbonyl (C=O) groups is 2. The predicted molar refractivity (Wildman–Crippen MR) is 131 cm³/mol. The number of aromatic nitrogens is 1. The van der Waals surface area contributed by atoms with E-state index in [4.69, 9.17) is 4.74 Å². The molecule has 1 aliphatic heterocycles. The Hall–Kier alpha value is -3.28. The molecule has 1 saturated heterocycles. The van der Waals surface area contributed by atoms with Crippen molar-refractivity contribution >= 4 is 22.7 Å². The lowest BCUT2D eigenvalue weighted by molar-refractivity contribution is -0.135. The minimum absolute atomic E-state index is 0.00396. The van der Waals surface area contributed by atoms with Gasteiger partial charge in [0.05, 0.1) is 7.11 Å². The summed E-state index contributed by atoms with van der Waals surface area (Å²) >= 11 is 0. The first kappa shape index (κ1) is 22.9. The fourth-order valence-electron chi connectivity index (χ4n) is 4.75. The Labute approximate surface area is 195 Å². The number of piperidine rings is 1. The number of aryl methyl sites for hydroxylation is 1. The lowest BCUT2D eigenvalue weighted by Crippen LogP contribution is -2.52. The lowest BCUT2D eigenvalue weighted by atomic mass is 9.88. The van der Waals surface area contributed by atoms with Gasteiger partial charge in [0.2, 0.25) is 5.91 Å². The van der Waals surface area contributed by atoms with Crippen molar-refractivity contribution < 1.29 is 14.3 Å². The minimum Gasteiger partial charge on any atom is -0.497 e. The molecule has 3 aromatic rings. The SMILES string of the molecule is COc1ccc2[nH]cc(C3CCN(C(=O)C(NC(=O)c4ccccc4C)C(C)C)CC3)c2c1. The van der Waals surface area contributed by atoms with Crippen molar-refractivity contribution in [2.24, 2.45) is 5.92 Å². The minimum atomic E-state index is -0.536. The normalized spacial score (nSPS) is 15.6. The third kappa shape index (κ3) is 4.75. The summed E-state index contributed by atoms with van der Waals surface area (Å²) in [5.41, 5.74) is 3.90. The van der Waals surface area contributed by atoms with E-state index in [1.165, 1.54) is 10.9 Å². The molecule has 0 saturated carbocycles. The van der Waals surface area contributed by atoms with Crippen LogP contribution in [0.4, 0.5) is 0 Å². The van der Waals surface area contributed by atoms with Crippen LogP contribution in [-0.4, -0.2) is 47.9 Å². The van der Waals surface area contributed by atoms with E-state index in [0.717, 1.165) is 29.7 Å². The average molecular weight is 448 g/mol. The van der Waals surface area contributed by atoms with E-state index in [-0.39, 0.29) is 17.7 Å². The van der Waals surface area contributed by atoms with E-state index >= 15 is 0 Å². The number of nitrogens with one attached hydrogen (secondary N) is 2. The summed E-state index contributed by atoms with van der Waals surface area (Å²) in [5.74, 6) is 1.05. The molecule has 0 spiro atoms. The average Bonchev–Trinajstić information content (AvgIpc) is 3.25. The number of amides is 2. The van der Waals surface area contributed by atoms with Crippen molar-refractivity contribution in [2.45, 2.75) is 45.6 Å². The van der Waals surface area contributed by atoms with Crippen LogP contribution in [0.5, 0.6) is 5.75 Å². The molecular weight excluding hydrogens is 414 g/mol. The summed E-state index contributed by atoms with van der Waals surface area (Å²) in [6.45, 7) is 7.24. The molecule has 0 aliphatic carbocycles. The molecule has 33 heavy (non-hydrogen) atoms. The van der Waals surface area contributed by atoms with Gasteiger partial charge in [-0.25, -0.2) is 0 Å². The summed E-state index contributed by atoms with van der Waals surface area (Å²) in [4.78, 5) is 31.5. The van der Waals surface area contributed by atoms with Gasteiger partial charge in [0.1, 0.15) is 11.8 Å². The third-order valence-corrected chi connectivity index (χ3v) is 6.78. The Morgan fingerprint density at radius 1 is 1.12 bits per heavy atom. The number of methoxy groups -OCH3 is 1. The highest BCUT2D eigenvalue weighted by Crippen LogP contribution is 2.35. The molecule has 174 valence electrons. The van der Waals surface area contributed by atoms with Crippen LogP contribution in [0, 0.1) is 12.8 Å². The van der Waals surface area contributed by atoms with Gasteiger partial charge in [0.25, 0.3) is 5.91 Å². The molecule has 2 N–H and O–H groups in total. The number of fused-ring (bicyclic) bond motifs is 1. The second kappa shape index (κ2) is 9.69. The smallest absolute Gasteiger partial charge is 0.252 e. The van der Waals surface area contributed by atoms with Gasteiger partial charge in [0.15, 0.2) is 0 Å². The summed E-state index contributed by atoms with van der Waals surface area (Å²) in [6, 6.07) is 13.0. The maximum absolute atomic E-state index is 13.4. The predicted octanol–water partition coefficient (Wildman–Crippen LogP) is 4.65. The standard InChI is InChI=1S/C27H33N3O3/c1-17(2)25(29-26(31)21-8-6-5-7-18(21)3)27(32)30-13-11-19(12-14-30)23-16-28-24-10-9-20(33-4)15-22(23)24/h5-10,15-17,19,25,28H,11-14H2,1-4H3,(H,29,31). The summed E-state index contributed by atoms with van der Waals surface area (Å²) in [6.07, 6.45) is 3.88. The van der Waals surface area contributed by atoms with Gasteiger partial charge in [-0.05, 0) is 67.0 Å². The third-order valence-electron chi connectivity index (χ3n) is 6.78. The molecule has 2 amide bonds. The van der Waals surface area contributed by atoms with Gasteiger partial charge >= 0.3 is 0 Å². The fourth-order valence-corrected chi connectivity index (χ4v) is 4.75. The molecule has 1 aromatic heterocycles. The largest absolute Gasteiger partial charge is 0.497 e. The number of aromatic amines is 1. The number of hydrogen-bond donors (Lipinski definition) is 2. The van der Waals surface area contributed by atoms with Crippen LogP contribution in [0.15, 0.2) is 48.7 Å². The van der Waals surface area contributed by atoms with Crippen LogP contribution in [-0.2, 0) is 4.79 Å². The van der Waals surface area contributed by atoms with E-state index in [1.807, 2.05) is 56.0 Å². The highest BCUT2D eigenvalue weighted by molar-refractivity contribution is 5.98. The van der Waals surface area contributed by atoms with Gasteiger partial charge in [0, 0.05) is 35.8 Å². The Kier molecular flexibility index (Phi) is 6.72. The first-order valence-electron chi connectivity index (χ1n) is 11.7. The monoisotopic (exact) mass is 447 g/mol. The number of ether oxygens (including phenoxy) is 1. The molecule has 6 heteroatoms. The molecule has 2 heterocycles. The molecule has 1 fully saturated rings. The molecule has 2 aromatic carbocycles. The zero-order chi connectivity index (χ0) is 23.5. The number of hydrogen-bond acceptors (Lipinski definition) is 3. The van der Waals surface area contributed by atoms with Crippen LogP contribution >= 0.6 is 0 Å². The van der Waals surface area contributed by atoms with Gasteiger partial charge < -0.3 is 19.9 Å². The Morgan fingerprint density at radius 3 is 2.52 bits per heavy atom. The van der Waals surface area contributed by atoms with Crippen molar-refractivity contribution in [1.82, 2.24) is 15.2 Å². The molecule has 4 rings (SSSR count). The summed E-state index contributed by atoms with van der Waals surface area (Å²) < 4.78 is 5.40. The number of nitrogens with zero attached hydrogens (tertiary/aromatic N) is 1. The number of H-pyrrole nitrogens is 1. The first-order valence-corrected chi connectivity index (χ1v) is 11.7. The Balaban J connectivity index is 1.43. The van der Waals surface area contributed by atoms with Crippen LogP contribution in [0.1, 0.15) is 54.1 Å². The zero-order valence-corrected chi connectivity index (χ0v) is 19.9. The maximum atomic E-state index is 13.4. The number of carbonyl (C=O) groups excluding carboxylic acids is 2. The second-order valence-corrected chi connectivity index (χ2v) is 9.27. The molecule has 6 nitrogen and oxygen atoms in total. The first-order chi connectivity index (χ1) is 15.9. The summed E-state index contributed by atoms with van der Waals surface area (Å²) in [7, 11) is 1.68. The molecule has 0 radical (unpaired) electrons. The van der Waals surface area contributed by atoms with Crippen LogP contribution in [0.25, 0.3) is 10.9 Å². The summed E-state index contributed by atoms with van der Waals surface area (Å²) in [5, 5.41) is 4.18. The van der Waals surface area contributed by atoms with Crippen molar-refractivity contribution in [3.8, 4) is 5.75 Å². The maximum Gasteiger partial charge on any atom is 0.252 e. The van der Waals surface area contributed by atoms with E-state index in [2.05, 4.69) is 22.6 Å². The van der Waals surface area contributed by atoms with Crippen molar-refractivity contribution in [2.75, 3.05) is 20.2 Å². The van der Waals surface area contributed by atoms with Gasteiger partial charge in [-0.3, -0.25) is 9.59 Å². The van der Waals surface area contributed by atoms with Crippen molar-refractivity contribution in [3.05, 3.63) is 65.4 Å². The van der Waals surface area contributed by atoms with E-state index in [9.17, 15) is 9.59 Å². The molecule has 1 atom stereocenters. The van der Waals surface area contributed by atoms with Crippen molar-refractivity contribution in [3.63, 3.8) is 0 Å². The highest BCUT2D eigenvalue weighted by Gasteiger charge is 2.32. The van der Waals surface area contributed by atoms with Gasteiger partial charge in [-0.2, -0.15) is 0 Å². The number of likely N-dealkylation sites (tertiary alicyclic amines) is 1. The fraction of sp³-hybridized carbons (Fsp3) is 0.407. The Morgan fingerprint density at radius 2 is 1.85 bits per heavy atom. The lowest BCUT2D eigenvalue weighted by Gasteiger charge is -2.35. The van der Waals surface area contributed by atoms with Crippen LogP contribution < -0.4 is 10.1 Å². The topological polar surface area (TPSA) is 74.4 Å². The zero-order valence-electron chi connectivity index (χ0n) is 19.9.